The number of aliphatic carboxylic acids is 1. The number of carboxylic acids is 1. The van der Waals surface area contributed by atoms with Crippen LogP contribution in [-0.2, 0) is 14.4 Å². The molecule has 6 heteroatoms. The Kier molecular flexibility index (Phi) is 3.12. The molecule has 2 aliphatic rings. The fourth-order valence-electron chi connectivity index (χ4n) is 2.46. The Labute approximate surface area is 111 Å². The maximum Gasteiger partial charge on any atom is 0.304 e. The molecule has 1 amide bonds. The fraction of sp³-hybridized carbons (Fsp3) is 0.615. The molecule has 0 aromatic rings. The predicted molar refractivity (Wildman–Crippen MR) is 66.9 cm³/mol. The third-order valence-electron chi connectivity index (χ3n) is 3.37. The Morgan fingerprint density at radius 3 is 2.58 bits per heavy atom. The number of hydrogen-bond acceptors (Lipinski definition) is 4. The number of hydrogen-bond donors (Lipinski definition) is 2. The molecular weight excluding hydrogens is 248 g/mol. The van der Waals surface area contributed by atoms with Crippen LogP contribution in [0.15, 0.2) is 11.4 Å². The van der Waals surface area contributed by atoms with Gasteiger partial charge >= 0.3 is 5.97 Å². The van der Waals surface area contributed by atoms with Gasteiger partial charge in [-0.25, -0.2) is 0 Å². The van der Waals surface area contributed by atoms with Crippen molar-refractivity contribution in [2.24, 2.45) is 11.3 Å². The van der Waals surface area contributed by atoms with Crippen molar-refractivity contribution in [2.45, 2.75) is 27.2 Å². The second-order valence-corrected chi connectivity index (χ2v) is 5.91. The van der Waals surface area contributed by atoms with Crippen molar-refractivity contribution in [1.29, 1.82) is 0 Å². The smallest absolute Gasteiger partial charge is 0.304 e. The lowest BCUT2D eigenvalue weighted by molar-refractivity contribution is -0.142. The number of nitrogens with zero attached hydrogens (tertiary/aromatic N) is 1. The average molecular weight is 266 g/mol. The molecule has 104 valence electrons. The Hall–Kier alpha value is -1.85. The highest BCUT2D eigenvalue weighted by molar-refractivity contribution is 6.08. The van der Waals surface area contributed by atoms with E-state index in [1.165, 1.54) is 4.90 Å². The summed E-state index contributed by atoms with van der Waals surface area (Å²) < 4.78 is 0. The van der Waals surface area contributed by atoms with Crippen LogP contribution in [0.25, 0.3) is 0 Å². The van der Waals surface area contributed by atoms with Crippen LogP contribution in [0.3, 0.4) is 0 Å². The van der Waals surface area contributed by atoms with Crippen LogP contribution in [0.2, 0.25) is 0 Å². The summed E-state index contributed by atoms with van der Waals surface area (Å²) in [6, 6.07) is 0. The molecule has 0 bridgehead atoms. The van der Waals surface area contributed by atoms with Gasteiger partial charge in [0.05, 0.1) is 12.3 Å². The van der Waals surface area contributed by atoms with E-state index in [0.29, 0.717) is 24.5 Å². The molecule has 0 aromatic carbocycles. The highest BCUT2D eigenvalue weighted by atomic mass is 16.4. The van der Waals surface area contributed by atoms with Gasteiger partial charge in [-0.15, -0.1) is 0 Å². The first-order valence-electron chi connectivity index (χ1n) is 6.29. The molecule has 0 spiro atoms. The van der Waals surface area contributed by atoms with Gasteiger partial charge in [-0.2, -0.15) is 0 Å². The Morgan fingerprint density at radius 2 is 2.05 bits per heavy atom. The number of amides is 1. The number of carbonyl (C=O) groups is 3. The van der Waals surface area contributed by atoms with Crippen LogP contribution < -0.4 is 5.32 Å². The monoisotopic (exact) mass is 266 g/mol. The predicted octanol–water partition coefficient (Wildman–Crippen LogP) is 0.350. The summed E-state index contributed by atoms with van der Waals surface area (Å²) in [5, 5.41) is 12.0. The van der Waals surface area contributed by atoms with Crippen LogP contribution in [0.1, 0.15) is 27.2 Å². The number of fused-ring (bicyclic) bond motifs is 1. The highest BCUT2D eigenvalue weighted by Gasteiger charge is 2.47. The molecule has 0 radical (unpaired) electrons. The molecule has 2 N–H and O–H groups in total. The lowest BCUT2D eigenvalue weighted by atomic mass is 9.81. The van der Waals surface area contributed by atoms with Crippen LogP contribution >= 0.6 is 0 Å². The summed E-state index contributed by atoms with van der Waals surface area (Å²) >= 11 is 0. The van der Waals surface area contributed by atoms with E-state index in [9.17, 15) is 14.4 Å². The maximum atomic E-state index is 12.5. The summed E-state index contributed by atoms with van der Waals surface area (Å²) in [6.07, 6.45) is -0.336. The second kappa shape index (κ2) is 4.36. The van der Waals surface area contributed by atoms with Crippen LogP contribution in [0.5, 0.6) is 0 Å². The number of carbonyl (C=O) groups excluding carboxylic acids is 2. The first-order valence-corrected chi connectivity index (χ1v) is 6.29. The van der Waals surface area contributed by atoms with Crippen molar-refractivity contribution in [3.05, 3.63) is 11.4 Å². The molecule has 2 heterocycles. The minimum atomic E-state index is -1.07. The summed E-state index contributed by atoms with van der Waals surface area (Å²) in [5.41, 5.74) is -0.308. The minimum absolute atomic E-state index is 0.168. The summed E-state index contributed by atoms with van der Waals surface area (Å²) in [6.45, 7) is 6.39. The molecule has 0 aliphatic carbocycles. The van der Waals surface area contributed by atoms with E-state index < -0.39 is 17.3 Å². The van der Waals surface area contributed by atoms with Gasteiger partial charge < -0.3 is 10.4 Å². The van der Waals surface area contributed by atoms with E-state index in [1.807, 2.05) is 0 Å². The molecule has 0 saturated carbocycles. The number of nitrogens with one attached hydrogen (secondary N) is 1. The maximum absolute atomic E-state index is 12.5. The largest absolute Gasteiger partial charge is 0.481 e. The molecule has 1 atom stereocenters. The van der Waals surface area contributed by atoms with Gasteiger partial charge in [0.1, 0.15) is 5.82 Å². The van der Waals surface area contributed by atoms with Crippen molar-refractivity contribution < 1.29 is 19.5 Å². The Morgan fingerprint density at radius 1 is 1.42 bits per heavy atom. The van der Waals surface area contributed by atoms with Crippen LogP contribution in [-0.4, -0.2) is 40.8 Å². The normalized spacial score (nSPS) is 22.6. The van der Waals surface area contributed by atoms with Gasteiger partial charge in [0.25, 0.3) is 0 Å². The van der Waals surface area contributed by atoms with Crippen molar-refractivity contribution >= 4 is 17.7 Å². The van der Waals surface area contributed by atoms with Gasteiger partial charge in [0.15, 0.2) is 5.78 Å². The number of carboxylic acid groups (broad SMARTS) is 1. The SMILES string of the molecule is CC(C)(C)C(=O)C1=C2NCCN2C(=O)C1CC(=O)O. The third kappa shape index (κ3) is 2.22. The molecule has 1 fully saturated rings. The Bertz CT molecular complexity index is 487. The molecule has 19 heavy (non-hydrogen) atoms. The van der Waals surface area contributed by atoms with Gasteiger partial charge in [-0.05, 0) is 0 Å². The van der Waals surface area contributed by atoms with Crippen molar-refractivity contribution in [1.82, 2.24) is 10.2 Å². The molecule has 1 unspecified atom stereocenters. The van der Waals surface area contributed by atoms with Gasteiger partial charge in [0.2, 0.25) is 5.91 Å². The summed E-state index contributed by atoms with van der Waals surface area (Å²) in [7, 11) is 0. The van der Waals surface area contributed by atoms with E-state index >= 15 is 0 Å². The zero-order valence-electron chi connectivity index (χ0n) is 11.3. The van der Waals surface area contributed by atoms with Crippen LogP contribution in [0.4, 0.5) is 0 Å². The molecule has 2 rings (SSSR count). The van der Waals surface area contributed by atoms with E-state index in [4.69, 9.17) is 5.11 Å². The minimum Gasteiger partial charge on any atom is -0.481 e. The zero-order valence-corrected chi connectivity index (χ0v) is 11.3. The molecule has 2 aliphatic heterocycles. The van der Waals surface area contributed by atoms with E-state index in [1.54, 1.807) is 20.8 Å². The number of Topliss-reactive ketones (excluding diaryl/α,β-unsaturated/α-hetero) is 1. The highest BCUT2D eigenvalue weighted by Crippen LogP contribution is 2.37. The van der Waals surface area contributed by atoms with Crippen molar-refractivity contribution in [3.63, 3.8) is 0 Å². The number of rotatable bonds is 3. The lowest BCUT2D eigenvalue weighted by Gasteiger charge is -2.20. The third-order valence-corrected chi connectivity index (χ3v) is 3.37. The summed E-state index contributed by atoms with van der Waals surface area (Å²) in [4.78, 5) is 37.1. The molecule has 6 nitrogen and oxygen atoms in total. The van der Waals surface area contributed by atoms with Crippen molar-refractivity contribution in [2.75, 3.05) is 13.1 Å². The summed E-state index contributed by atoms with van der Waals surface area (Å²) in [5.74, 6) is -1.86. The van der Waals surface area contributed by atoms with E-state index in [2.05, 4.69) is 5.32 Å². The average Bonchev–Trinajstić information content (AvgIpc) is 2.81. The second-order valence-electron chi connectivity index (χ2n) is 5.91. The lowest BCUT2D eigenvalue weighted by Crippen LogP contribution is -2.31. The van der Waals surface area contributed by atoms with E-state index in [-0.39, 0.29) is 18.1 Å². The quantitative estimate of drug-likeness (QED) is 0.769. The van der Waals surface area contributed by atoms with Gasteiger partial charge in [0, 0.05) is 24.1 Å². The van der Waals surface area contributed by atoms with E-state index in [0.717, 1.165) is 0 Å². The molecule has 1 saturated heterocycles. The molecular formula is C13H18N2O4. The van der Waals surface area contributed by atoms with Gasteiger partial charge in [-0.3, -0.25) is 19.3 Å². The van der Waals surface area contributed by atoms with Gasteiger partial charge in [-0.1, -0.05) is 20.8 Å². The first kappa shape index (κ1) is 13.6. The van der Waals surface area contributed by atoms with Crippen molar-refractivity contribution in [3.8, 4) is 0 Å². The molecule has 0 aromatic heterocycles. The fourth-order valence-corrected chi connectivity index (χ4v) is 2.46. The zero-order chi connectivity index (χ0) is 14.4. The Balaban J connectivity index is 2.44. The topological polar surface area (TPSA) is 86.7 Å². The standard InChI is InChI=1S/C13H18N2O4/c1-13(2,3)10(18)9-7(6-8(16)17)12(19)15-5-4-14-11(9)15/h7,14H,4-6H2,1-3H3,(H,16,17). The van der Waals surface area contributed by atoms with Crippen LogP contribution in [0, 0.1) is 11.3 Å². The number of ketones is 1. The first-order chi connectivity index (χ1) is 8.73.